The third kappa shape index (κ3) is 3.11. The van der Waals surface area contributed by atoms with E-state index in [-0.39, 0.29) is 6.04 Å². The summed E-state index contributed by atoms with van der Waals surface area (Å²) in [6.45, 7) is 1.95. The Morgan fingerprint density at radius 3 is 2.76 bits per heavy atom. The topological polar surface area (TPSA) is 25.2 Å². The quantitative estimate of drug-likeness (QED) is 0.893. The van der Waals surface area contributed by atoms with Crippen LogP contribution in [0.25, 0.3) is 0 Å². The Hall–Kier alpha value is -1.25. The normalized spacial score (nSPS) is 12.6. The van der Waals surface area contributed by atoms with Crippen molar-refractivity contribution in [3.05, 3.63) is 58.5 Å². The first kappa shape index (κ1) is 12.2. The third-order valence-electron chi connectivity index (χ3n) is 2.83. The van der Waals surface area contributed by atoms with Gasteiger partial charge < -0.3 is 9.73 Å². The monoisotopic (exact) mass is 249 g/mol. The highest BCUT2D eigenvalue weighted by atomic mass is 35.5. The number of rotatable bonds is 4. The first-order valence-electron chi connectivity index (χ1n) is 5.66. The Balaban J connectivity index is 2.15. The molecule has 0 fully saturated rings. The average molecular weight is 250 g/mol. The fourth-order valence-electron chi connectivity index (χ4n) is 1.93. The van der Waals surface area contributed by atoms with Crippen LogP contribution in [0.4, 0.5) is 0 Å². The van der Waals surface area contributed by atoms with E-state index in [9.17, 15) is 0 Å². The summed E-state index contributed by atoms with van der Waals surface area (Å²) in [5.74, 6) is 0.936. The molecule has 2 nitrogen and oxygen atoms in total. The van der Waals surface area contributed by atoms with Crippen molar-refractivity contribution in [2.45, 2.75) is 19.4 Å². The molecule has 1 aromatic carbocycles. The Bertz CT molecular complexity index is 492. The Labute approximate surface area is 107 Å². The summed E-state index contributed by atoms with van der Waals surface area (Å²) in [5.41, 5.74) is 2.39. The van der Waals surface area contributed by atoms with E-state index in [4.69, 9.17) is 16.0 Å². The molecule has 0 bridgehead atoms. The predicted octanol–water partition coefficient (Wildman–Crippen LogP) is 3.74. The van der Waals surface area contributed by atoms with Gasteiger partial charge in [0.2, 0.25) is 0 Å². The lowest BCUT2D eigenvalue weighted by atomic mass is 10.0. The van der Waals surface area contributed by atoms with E-state index in [0.717, 1.165) is 17.2 Å². The summed E-state index contributed by atoms with van der Waals surface area (Å²) < 4.78 is 5.34. The Morgan fingerprint density at radius 2 is 2.18 bits per heavy atom. The standard InChI is InChI=1S/C14H16ClNO/c1-10-6-12(9-17-10)14(16-2)8-11-4-3-5-13(15)7-11/h3-7,9,14,16H,8H2,1-2H3. The third-order valence-corrected chi connectivity index (χ3v) is 3.07. The van der Waals surface area contributed by atoms with Gasteiger partial charge in [0, 0.05) is 16.6 Å². The number of hydrogen-bond acceptors (Lipinski definition) is 2. The highest BCUT2D eigenvalue weighted by Gasteiger charge is 2.12. The van der Waals surface area contributed by atoms with E-state index in [1.54, 1.807) is 6.26 Å². The van der Waals surface area contributed by atoms with Gasteiger partial charge in [0.1, 0.15) is 5.76 Å². The van der Waals surface area contributed by atoms with Crippen molar-refractivity contribution in [1.29, 1.82) is 0 Å². The SMILES string of the molecule is CNC(Cc1cccc(Cl)c1)c1coc(C)c1. The van der Waals surface area contributed by atoms with Crippen molar-refractivity contribution in [2.24, 2.45) is 0 Å². The fraction of sp³-hybridized carbons (Fsp3) is 0.286. The van der Waals surface area contributed by atoms with Crippen molar-refractivity contribution in [3.63, 3.8) is 0 Å². The van der Waals surface area contributed by atoms with Crippen LogP contribution >= 0.6 is 11.6 Å². The van der Waals surface area contributed by atoms with E-state index in [1.165, 1.54) is 11.1 Å². The van der Waals surface area contributed by atoms with Gasteiger partial charge in [0.05, 0.1) is 6.26 Å². The molecule has 1 unspecified atom stereocenters. The molecule has 1 aromatic heterocycles. The number of aryl methyl sites for hydroxylation is 1. The molecule has 0 saturated heterocycles. The smallest absolute Gasteiger partial charge is 0.101 e. The highest BCUT2D eigenvalue weighted by molar-refractivity contribution is 6.30. The second kappa shape index (κ2) is 5.39. The largest absolute Gasteiger partial charge is 0.469 e. The molecule has 0 spiro atoms. The number of benzene rings is 1. The molecule has 0 aliphatic rings. The zero-order valence-electron chi connectivity index (χ0n) is 10.0. The van der Waals surface area contributed by atoms with Gasteiger partial charge in [-0.15, -0.1) is 0 Å². The first-order valence-corrected chi connectivity index (χ1v) is 6.03. The molecular weight excluding hydrogens is 234 g/mol. The molecule has 0 aliphatic carbocycles. The molecule has 1 heterocycles. The van der Waals surface area contributed by atoms with Gasteiger partial charge in [-0.1, -0.05) is 23.7 Å². The van der Waals surface area contributed by atoms with Crippen LogP contribution in [-0.4, -0.2) is 7.05 Å². The molecule has 0 aliphatic heterocycles. The van der Waals surface area contributed by atoms with Crippen molar-refractivity contribution < 1.29 is 4.42 Å². The zero-order chi connectivity index (χ0) is 12.3. The zero-order valence-corrected chi connectivity index (χ0v) is 10.8. The molecule has 90 valence electrons. The van der Waals surface area contributed by atoms with Gasteiger partial charge in [-0.05, 0) is 44.2 Å². The number of halogens is 1. The van der Waals surface area contributed by atoms with Gasteiger partial charge in [-0.3, -0.25) is 0 Å². The van der Waals surface area contributed by atoms with Crippen LogP contribution in [0.5, 0.6) is 0 Å². The highest BCUT2D eigenvalue weighted by Crippen LogP contribution is 2.21. The molecule has 2 aromatic rings. The van der Waals surface area contributed by atoms with Crippen LogP contribution in [0.3, 0.4) is 0 Å². The van der Waals surface area contributed by atoms with E-state index < -0.39 is 0 Å². The van der Waals surface area contributed by atoms with Crippen LogP contribution in [-0.2, 0) is 6.42 Å². The first-order chi connectivity index (χ1) is 8.19. The minimum absolute atomic E-state index is 0.255. The number of nitrogens with one attached hydrogen (secondary N) is 1. The molecule has 0 amide bonds. The number of furan rings is 1. The summed E-state index contributed by atoms with van der Waals surface area (Å²) in [6.07, 6.45) is 2.71. The molecule has 0 radical (unpaired) electrons. The maximum atomic E-state index is 5.98. The van der Waals surface area contributed by atoms with E-state index >= 15 is 0 Å². The number of likely N-dealkylation sites (N-methyl/N-ethyl adjacent to an activating group) is 1. The summed E-state index contributed by atoms with van der Waals surface area (Å²) >= 11 is 5.98. The van der Waals surface area contributed by atoms with Crippen LogP contribution in [0.1, 0.15) is 22.9 Å². The molecule has 17 heavy (non-hydrogen) atoms. The summed E-state index contributed by atoms with van der Waals surface area (Å²) in [6, 6.07) is 10.3. The van der Waals surface area contributed by atoms with E-state index in [1.807, 2.05) is 32.2 Å². The Morgan fingerprint density at radius 1 is 1.35 bits per heavy atom. The summed E-state index contributed by atoms with van der Waals surface area (Å²) in [7, 11) is 1.96. The van der Waals surface area contributed by atoms with Crippen molar-refractivity contribution in [3.8, 4) is 0 Å². The molecule has 3 heteroatoms. The molecular formula is C14H16ClNO. The van der Waals surface area contributed by atoms with E-state index in [2.05, 4.69) is 17.4 Å². The lowest BCUT2D eigenvalue weighted by Crippen LogP contribution is -2.18. The molecule has 2 rings (SSSR count). The molecule has 1 N–H and O–H groups in total. The predicted molar refractivity (Wildman–Crippen MR) is 70.4 cm³/mol. The van der Waals surface area contributed by atoms with Gasteiger partial charge in [0.25, 0.3) is 0 Å². The lowest BCUT2D eigenvalue weighted by molar-refractivity contribution is 0.520. The minimum Gasteiger partial charge on any atom is -0.469 e. The molecule has 0 saturated carbocycles. The van der Waals surface area contributed by atoms with Crippen molar-refractivity contribution in [2.75, 3.05) is 7.05 Å². The van der Waals surface area contributed by atoms with Crippen LogP contribution < -0.4 is 5.32 Å². The maximum absolute atomic E-state index is 5.98. The Kier molecular flexibility index (Phi) is 3.87. The molecule has 1 atom stereocenters. The summed E-state index contributed by atoms with van der Waals surface area (Å²) in [4.78, 5) is 0. The lowest BCUT2D eigenvalue weighted by Gasteiger charge is -2.14. The second-order valence-electron chi connectivity index (χ2n) is 4.17. The van der Waals surface area contributed by atoms with Crippen molar-refractivity contribution >= 4 is 11.6 Å². The van der Waals surface area contributed by atoms with Gasteiger partial charge in [0.15, 0.2) is 0 Å². The van der Waals surface area contributed by atoms with Crippen LogP contribution in [0.15, 0.2) is 41.0 Å². The van der Waals surface area contributed by atoms with Gasteiger partial charge in [-0.2, -0.15) is 0 Å². The number of hydrogen-bond donors (Lipinski definition) is 1. The van der Waals surface area contributed by atoms with Crippen LogP contribution in [0, 0.1) is 6.92 Å². The second-order valence-corrected chi connectivity index (χ2v) is 4.60. The average Bonchev–Trinajstić information content (AvgIpc) is 2.73. The van der Waals surface area contributed by atoms with Gasteiger partial charge >= 0.3 is 0 Å². The maximum Gasteiger partial charge on any atom is 0.101 e. The summed E-state index contributed by atoms with van der Waals surface area (Å²) in [5, 5.41) is 4.07. The van der Waals surface area contributed by atoms with Gasteiger partial charge in [-0.25, -0.2) is 0 Å². The van der Waals surface area contributed by atoms with Crippen LogP contribution in [0.2, 0.25) is 5.02 Å². The minimum atomic E-state index is 0.255. The van der Waals surface area contributed by atoms with E-state index in [0.29, 0.717) is 0 Å². The fourth-order valence-corrected chi connectivity index (χ4v) is 2.15. The van der Waals surface area contributed by atoms with Crippen molar-refractivity contribution in [1.82, 2.24) is 5.32 Å².